The van der Waals surface area contributed by atoms with Crippen LogP contribution in [0.15, 0.2) is 30.5 Å². The van der Waals surface area contributed by atoms with Crippen molar-refractivity contribution >= 4 is 0 Å². The summed E-state index contributed by atoms with van der Waals surface area (Å²) in [5, 5.41) is 0. The largest absolute Gasteiger partial charge is 0.496 e. The summed E-state index contributed by atoms with van der Waals surface area (Å²) in [6, 6.07) is 8.17. The van der Waals surface area contributed by atoms with E-state index in [-0.39, 0.29) is 0 Å². The number of ether oxygens (including phenoxy) is 1. The predicted molar refractivity (Wildman–Crippen MR) is 72.8 cm³/mol. The summed E-state index contributed by atoms with van der Waals surface area (Å²) in [6.07, 6.45) is 1.77. The van der Waals surface area contributed by atoms with Crippen molar-refractivity contribution in [3.8, 4) is 17.0 Å². The standard InChI is InChI=1S/C15H18N2O/c1-10(2)12-5-6-13(15(9-12)18-4)14-7-8-16-11(3)17-14/h5-10H,1-4H3. The smallest absolute Gasteiger partial charge is 0.128 e. The Balaban J connectivity index is 2.51. The van der Waals surface area contributed by atoms with Crippen LogP contribution in [0.25, 0.3) is 11.3 Å². The van der Waals surface area contributed by atoms with Gasteiger partial charge in [-0.05, 0) is 36.6 Å². The molecule has 3 heteroatoms. The van der Waals surface area contributed by atoms with Gasteiger partial charge in [0.2, 0.25) is 0 Å². The summed E-state index contributed by atoms with van der Waals surface area (Å²) in [7, 11) is 1.69. The molecule has 0 saturated carbocycles. The molecule has 0 amide bonds. The van der Waals surface area contributed by atoms with Crippen LogP contribution in [0.4, 0.5) is 0 Å². The molecule has 0 spiro atoms. The lowest BCUT2D eigenvalue weighted by Crippen LogP contribution is -1.95. The fourth-order valence-electron chi connectivity index (χ4n) is 1.88. The highest BCUT2D eigenvalue weighted by Crippen LogP contribution is 2.31. The van der Waals surface area contributed by atoms with E-state index in [2.05, 4.69) is 42.0 Å². The molecular weight excluding hydrogens is 224 g/mol. The molecule has 3 nitrogen and oxygen atoms in total. The highest BCUT2D eigenvalue weighted by atomic mass is 16.5. The van der Waals surface area contributed by atoms with Crippen molar-refractivity contribution < 1.29 is 4.74 Å². The van der Waals surface area contributed by atoms with Crippen LogP contribution < -0.4 is 4.74 Å². The summed E-state index contributed by atoms with van der Waals surface area (Å²) in [4.78, 5) is 8.55. The molecule has 0 fully saturated rings. The van der Waals surface area contributed by atoms with Gasteiger partial charge in [0, 0.05) is 11.8 Å². The maximum Gasteiger partial charge on any atom is 0.128 e. The van der Waals surface area contributed by atoms with Gasteiger partial charge in [0.15, 0.2) is 0 Å². The molecule has 0 N–H and O–H groups in total. The third-order valence-corrected chi connectivity index (χ3v) is 2.94. The second-order valence-corrected chi connectivity index (χ2v) is 4.60. The maximum absolute atomic E-state index is 5.47. The molecule has 0 saturated heterocycles. The SMILES string of the molecule is COc1cc(C(C)C)ccc1-c1ccnc(C)n1. The summed E-state index contributed by atoms with van der Waals surface area (Å²) in [5.74, 6) is 2.11. The van der Waals surface area contributed by atoms with Gasteiger partial charge in [-0.15, -0.1) is 0 Å². The fourth-order valence-corrected chi connectivity index (χ4v) is 1.88. The molecule has 0 aliphatic rings. The fraction of sp³-hybridized carbons (Fsp3) is 0.333. The number of methoxy groups -OCH3 is 1. The Morgan fingerprint density at radius 2 is 1.94 bits per heavy atom. The molecule has 2 rings (SSSR count). The molecule has 94 valence electrons. The quantitative estimate of drug-likeness (QED) is 0.825. The first kappa shape index (κ1) is 12.6. The average Bonchev–Trinajstić information content (AvgIpc) is 2.37. The van der Waals surface area contributed by atoms with E-state index in [4.69, 9.17) is 4.74 Å². The van der Waals surface area contributed by atoms with Gasteiger partial charge in [-0.25, -0.2) is 9.97 Å². The predicted octanol–water partition coefficient (Wildman–Crippen LogP) is 3.58. The van der Waals surface area contributed by atoms with Gasteiger partial charge in [0.05, 0.1) is 12.8 Å². The van der Waals surface area contributed by atoms with Crippen LogP contribution in [0.1, 0.15) is 31.2 Å². The first-order valence-electron chi connectivity index (χ1n) is 6.09. The van der Waals surface area contributed by atoms with Crippen LogP contribution >= 0.6 is 0 Å². The number of aryl methyl sites for hydroxylation is 1. The second-order valence-electron chi connectivity index (χ2n) is 4.60. The Morgan fingerprint density at radius 3 is 2.56 bits per heavy atom. The van der Waals surface area contributed by atoms with E-state index in [9.17, 15) is 0 Å². The lowest BCUT2D eigenvalue weighted by Gasteiger charge is -2.12. The number of hydrogen-bond acceptors (Lipinski definition) is 3. The minimum atomic E-state index is 0.486. The number of aromatic nitrogens is 2. The molecule has 0 radical (unpaired) electrons. The molecule has 1 aromatic heterocycles. The van der Waals surface area contributed by atoms with Crippen molar-refractivity contribution in [2.24, 2.45) is 0 Å². The second kappa shape index (κ2) is 5.17. The summed E-state index contributed by atoms with van der Waals surface area (Å²) >= 11 is 0. The van der Waals surface area contributed by atoms with E-state index in [1.54, 1.807) is 13.3 Å². The van der Waals surface area contributed by atoms with Crippen LogP contribution in [0, 0.1) is 6.92 Å². The van der Waals surface area contributed by atoms with Gasteiger partial charge >= 0.3 is 0 Å². The van der Waals surface area contributed by atoms with Crippen LogP contribution in [0.5, 0.6) is 5.75 Å². The lowest BCUT2D eigenvalue weighted by molar-refractivity contribution is 0.415. The van der Waals surface area contributed by atoms with E-state index in [0.29, 0.717) is 5.92 Å². The van der Waals surface area contributed by atoms with Crippen LogP contribution in [0.3, 0.4) is 0 Å². The molecule has 0 aliphatic carbocycles. The van der Waals surface area contributed by atoms with Gasteiger partial charge in [0.25, 0.3) is 0 Å². The Morgan fingerprint density at radius 1 is 1.17 bits per heavy atom. The van der Waals surface area contributed by atoms with Crippen molar-refractivity contribution in [2.45, 2.75) is 26.7 Å². The maximum atomic E-state index is 5.47. The Bertz CT molecular complexity index is 550. The molecule has 0 aliphatic heterocycles. The number of benzene rings is 1. The molecular formula is C15H18N2O. The molecule has 18 heavy (non-hydrogen) atoms. The van der Waals surface area contributed by atoms with E-state index in [1.807, 2.05) is 13.0 Å². The van der Waals surface area contributed by atoms with Crippen LogP contribution in [-0.2, 0) is 0 Å². The van der Waals surface area contributed by atoms with Crippen LogP contribution in [-0.4, -0.2) is 17.1 Å². The molecule has 0 atom stereocenters. The van der Waals surface area contributed by atoms with Crippen molar-refractivity contribution in [3.63, 3.8) is 0 Å². The lowest BCUT2D eigenvalue weighted by atomic mass is 10.00. The monoisotopic (exact) mass is 242 g/mol. The third kappa shape index (κ3) is 2.50. The first-order chi connectivity index (χ1) is 8.61. The molecule has 2 aromatic rings. The average molecular weight is 242 g/mol. The van der Waals surface area contributed by atoms with Crippen LogP contribution in [0.2, 0.25) is 0 Å². The normalized spacial score (nSPS) is 10.7. The molecule has 0 unspecified atom stereocenters. The topological polar surface area (TPSA) is 35.0 Å². The van der Waals surface area contributed by atoms with E-state index < -0.39 is 0 Å². The zero-order chi connectivity index (χ0) is 13.1. The van der Waals surface area contributed by atoms with Gasteiger partial charge in [0.1, 0.15) is 11.6 Å². The zero-order valence-corrected chi connectivity index (χ0v) is 11.3. The summed E-state index contributed by atoms with van der Waals surface area (Å²) in [5.41, 5.74) is 3.17. The Labute approximate surface area is 108 Å². The molecule has 1 heterocycles. The van der Waals surface area contributed by atoms with Crippen molar-refractivity contribution in [1.29, 1.82) is 0 Å². The molecule has 0 bridgehead atoms. The summed E-state index contributed by atoms with van der Waals surface area (Å²) < 4.78 is 5.47. The number of hydrogen-bond donors (Lipinski definition) is 0. The Kier molecular flexibility index (Phi) is 3.60. The van der Waals surface area contributed by atoms with E-state index >= 15 is 0 Å². The van der Waals surface area contributed by atoms with Gasteiger partial charge in [-0.3, -0.25) is 0 Å². The van der Waals surface area contributed by atoms with E-state index in [1.165, 1.54) is 5.56 Å². The zero-order valence-electron chi connectivity index (χ0n) is 11.3. The van der Waals surface area contributed by atoms with E-state index in [0.717, 1.165) is 22.8 Å². The Hall–Kier alpha value is -1.90. The minimum absolute atomic E-state index is 0.486. The minimum Gasteiger partial charge on any atom is -0.496 e. The van der Waals surface area contributed by atoms with Crippen molar-refractivity contribution in [1.82, 2.24) is 9.97 Å². The highest BCUT2D eigenvalue weighted by Gasteiger charge is 2.10. The molecule has 1 aromatic carbocycles. The number of rotatable bonds is 3. The summed E-state index contributed by atoms with van der Waals surface area (Å²) in [6.45, 7) is 6.23. The van der Waals surface area contributed by atoms with Gasteiger partial charge in [-0.1, -0.05) is 19.9 Å². The van der Waals surface area contributed by atoms with Crippen molar-refractivity contribution in [3.05, 3.63) is 41.9 Å². The van der Waals surface area contributed by atoms with Gasteiger partial charge < -0.3 is 4.74 Å². The third-order valence-electron chi connectivity index (χ3n) is 2.94. The first-order valence-corrected chi connectivity index (χ1v) is 6.09. The van der Waals surface area contributed by atoms with Crippen molar-refractivity contribution in [2.75, 3.05) is 7.11 Å². The van der Waals surface area contributed by atoms with Gasteiger partial charge in [-0.2, -0.15) is 0 Å². The highest BCUT2D eigenvalue weighted by molar-refractivity contribution is 5.67. The number of nitrogens with zero attached hydrogens (tertiary/aromatic N) is 2.